The lowest BCUT2D eigenvalue weighted by Gasteiger charge is -2.17. The molecule has 0 aliphatic heterocycles. The van der Waals surface area contributed by atoms with Crippen LogP contribution in [0.1, 0.15) is 16.7 Å². The van der Waals surface area contributed by atoms with Crippen molar-refractivity contribution in [2.24, 2.45) is 5.84 Å². The second kappa shape index (κ2) is 6.31. The Kier molecular flexibility index (Phi) is 4.49. The maximum Gasteiger partial charge on any atom is 0.139 e. The molecule has 0 spiro atoms. The second-order valence-electron chi connectivity index (χ2n) is 4.86. The average molecular weight is 256 g/mol. The van der Waals surface area contributed by atoms with Crippen LogP contribution in [0.2, 0.25) is 0 Å². The van der Waals surface area contributed by atoms with Crippen molar-refractivity contribution in [2.75, 3.05) is 12.5 Å². The van der Waals surface area contributed by atoms with E-state index in [1.807, 2.05) is 18.3 Å². The van der Waals surface area contributed by atoms with Gasteiger partial charge in [-0.05, 0) is 31.2 Å². The summed E-state index contributed by atoms with van der Waals surface area (Å²) in [5.41, 5.74) is 6.33. The Morgan fingerprint density at radius 1 is 1.16 bits per heavy atom. The number of nitrogens with one attached hydrogen (secondary N) is 1. The first-order chi connectivity index (χ1) is 9.17. The number of pyridine rings is 1. The van der Waals surface area contributed by atoms with E-state index in [1.165, 1.54) is 16.7 Å². The lowest BCUT2D eigenvalue weighted by atomic mass is 10.1. The maximum atomic E-state index is 5.29. The molecule has 0 unspecified atom stereocenters. The fraction of sp³-hybridized carbons (Fsp3) is 0.267. The van der Waals surface area contributed by atoms with E-state index < -0.39 is 0 Å². The van der Waals surface area contributed by atoms with Crippen LogP contribution in [0.4, 0.5) is 5.82 Å². The molecule has 0 fully saturated rings. The molecule has 0 bridgehead atoms. The number of nitrogen functional groups attached to an aromatic ring is 1. The third kappa shape index (κ3) is 4.05. The fourth-order valence-electron chi connectivity index (χ4n) is 2.09. The smallest absolute Gasteiger partial charge is 0.139 e. The molecule has 4 heteroatoms. The molecule has 1 aromatic carbocycles. The Morgan fingerprint density at radius 3 is 2.58 bits per heavy atom. The Bertz CT molecular complexity index is 522. The van der Waals surface area contributed by atoms with Crippen molar-refractivity contribution in [2.45, 2.75) is 20.0 Å². The highest BCUT2D eigenvalue weighted by Gasteiger charge is 2.02. The summed E-state index contributed by atoms with van der Waals surface area (Å²) in [4.78, 5) is 6.47. The van der Waals surface area contributed by atoms with Gasteiger partial charge in [0.2, 0.25) is 0 Å². The van der Waals surface area contributed by atoms with Crippen LogP contribution in [-0.4, -0.2) is 16.9 Å². The molecule has 3 N–H and O–H groups in total. The largest absolute Gasteiger partial charge is 0.308 e. The van der Waals surface area contributed by atoms with Gasteiger partial charge < -0.3 is 5.43 Å². The van der Waals surface area contributed by atoms with Crippen LogP contribution in [0.3, 0.4) is 0 Å². The Balaban J connectivity index is 1.95. The minimum Gasteiger partial charge on any atom is -0.308 e. The fourth-order valence-corrected chi connectivity index (χ4v) is 2.09. The topological polar surface area (TPSA) is 54.2 Å². The van der Waals surface area contributed by atoms with Crippen LogP contribution >= 0.6 is 0 Å². The summed E-state index contributed by atoms with van der Waals surface area (Å²) in [5.74, 6) is 5.98. The molecule has 19 heavy (non-hydrogen) atoms. The highest BCUT2D eigenvalue weighted by atomic mass is 15.2. The normalized spacial score (nSPS) is 10.7. The highest BCUT2D eigenvalue weighted by Crippen LogP contribution is 2.10. The van der Waals surface area contributed by atoms with E-state index in [1.54, 1.807) is 0 Å². The van der Waals surface area contributed by atoms with Gasteiger partial charge in [-0.3, -0.25) is 4.90 Å². The summed E-state index contributed by atoms with van der Waals surface area (Å²) in [6, 6.07) is 12.5. The minimum atomic E-state index is 0.685. The molecule has 0 radical (unpaired) electrons. The molecule has 4 nitrogen and oxygen atoms in total. The van der Waals surface area contributed by atoms with E-state index >= 15 is 0 Å². The van der Waals surface area contributed by atoms with E-state index in [0.717, 1.165) is 13.1 Å². The van der Waals surface area contributed by atoms with Crippen molar-refractivity contribution in [1.82, 2.24) is 9.88 Å². The predicted octanol–water partition coefficient (Wildman–Crippen LogP) is 2.31. The van der Waals surface area contributed by atoms with Crippen molar-refractivity contribution in [3.63, 3.8) is 0 Å². The molecule has 2 rings (SSSR count). The van der Waals surface area contributed by atoms with Gasteiger partial charge in [0.15, 0.2) is 0 Å². The number of hydrogen-bond acceptors (Lipinski definition) is 4. The lowest BCUT2D eigenvalue weighted by Crippen LogP contribution is -2.17. The monoisotopic (exact) mass is 256 g/mol. The summed E-state index contributed by atoms with van der Waals surface area (Å²) in [7, 11) is 2.11. The molecule has 2 aromatic rings. The van der Waals surface area contributed by atoms with Crippen molar-refractivity contribution in [3.8, 4) is 0 Å². The van der Waals surface area contributed by atoms with Gasteiger partial charge >= 0.3 is 0 Å². The number of aromatic nitrogens is 1. The molecular formula is C15H20N4. The van der Waals surface area contributed by atoms with Crippen LogP contribution in [0.15, 0.2) is 42.6 Å². The molecular weight excluding hydrogens is 236 g/mol. The Hall–Kier alpha value is -1.91. The molecule has 1 aromatic heterocycles. The summed E-state index contributed by atoms with van der Waals surface area (Å²) in [5, 5.41) is 0. The number of hydrogen-bond donors (Lipinski definition) is 2. The predicted molar refractivity (Wildman–Crippen MR) is 78.4 cm³/mol. The van der Waals surface area contributed by atoms with Gasteiger partial charge in [0.25, 0.3) is 0 Å². The second-order valence-corrected chi connectivity index (χ2v) is 4.86. The minimum absolute atomic E-state index is 0.685. The van der Waals surface area contributed by atoms with Crippen LogP contribution in [-0.2, 0) is 13.1 Å². The van der Waals surface area contributed by atoms with E-state index in [4.69, 9.17) is 5.84 Å². The lowest BCUT2D eigenvalue weighted by molar-refractivity contribution is 0.318. The number of nitrogens with two attached hydrogens (primary N) is 1. The number of aryl methyl sites for hydroxylation is 1. The molecule has 0 saturated carbocycles. The number of anilines is 1. The summed E-state index contributed by atoms with van der Waals surface area (Å²) in [6.07, 6.45) is 1.85. The Labute approximate surface area is 114 Å². The quantitative estimate of drug-likeness (QED) is 0.636. The third-order valence-corrected chi connectivity index (χ3v) is 2.96. The standard InChI is InChI=1S/C15H20N4/c1-12-4-3-5-13(8-12)10-19(2)11-14-6-7-15(18-16)17-9-14/h3-9H,10-11,16H2,1-2H3,(H,17,18). The summed E-state index contributed by atoms with van der Waals surface area (Å²) < 4.78 is 0. The first kappa shape index (κ1) is 13.5. The van der Waals surface area contributed by atoms with E-state index in [2.05, 4.69) is 53.5 Å². The number of hydrazine groups is 1. The van der Waals surface area contributed by atoms with E-state index in [-0.39, 0.29) is 0 Å². The molecule has 0 atom stereocenters. The molecule has 1 heterocycles. The van der Waals surface area contributed by atoms with Gasteiger partial charge in [0, 0.05) is 19.3 Å². The number of nitrogens with zero attached hydrogens (tertiary/aromatic N) is 2. The first-order valence-corrected chi connectivity index (χ1v) is 6.33. The van der Waals surface area contributed by atoms with Gasteiger partial charge in [0.1, 0.15) is 5.82 Å². The van der Waals surface area contributed by atoms with E-state index in [9.17, 15) is 0 Å². The van der Waals surface area contributed by atoms with Crippen molar-refractivity contribution >= 4 is 5.82 Å². The maximum absolute atomic E-state index is 5.29. The SMILES string of the molecule is Cc1cccc(CN(C)Cc2ccc(NN)nc2)c1. The van der Waals surface area contributed by atoms with Crippen LogP contribution in [0.25, 0.3) is 0 Å². The summed E-state index contributed by atoms with van der Waals surface area (Å²) in [6.45, 7) is 3.91. The first-order valence-electron chi connectivity index (χ1n) is 6.33. The zero-order valence-electron chi connectivity index (χ0n) is 11.4. The van der Waals surface area contributed by atoms with Crippen molar-refractivity contribution < 1.29 is 0 Å². The molecule has 0 saturated heterocycles. The van der Waals surface area contributed by atoms with Gasteiger partial charge in [-0.15, -0.1) is 0 Å². The van der Waals surface area contributed by atoms with Crippen LogP contribution < -0.4 is 11.3 Å². The molecule has 0 amide bonds. The number of benzene rings is 1. The zero-order valence-corrected chi connectivity index (χ0v) is 11.4. The molecule has 100 valence electrons. The third-order valence-electron chi connectivity index (χ3n) is 2.96. The molecule has 0 aliphatic rings. The van der Waals surface area contributed by atoms with Crippen molar-refractivity contribution in [3.05, 3.63) is 59.3 Å². The van der Waals surface area contributed by atoms with E-state index in [0.29, 0.717) is 5.82 Å². The van der Waals surface area contributed by atoms with Crippen molar-refractivity contribution in [1.29, 1.82) is 0 Å². The van der Waals surface area contributed by atoms with Gasteiger partial charge in [-0.1, -0.05) is 35.9 Å². The average Bonchev–Trinajstić information content (AvgIpc) is 2.39. The number of rotatable bonds is 5. The zero-order chi connectivity index (χ0) is 13.7. The van der Waals surface area contributed by atoms with Gasteiger partial charge in [0.05, 0.1) is 0 Å². The van der Waals surface area contributed by atoms with Crippen LogP contribution in [0.5, 0.6) is 0 Å². The highest BCUT2D eigenvalue weighted by molar-refractivity contribution is 5.33. The van der Waals surface area contributed by atoms with Gasteiger partial charge in [-0.25, -0.2) is 10.8 Å². The summed E-state index contributed by atoms with van der Waals surface area (Å²) >= 11 is 0. The molecule has 0 aliphatic carbocycles. The Morgan fingerprint density at radius 2 is 1.95 bits per heavy atom. The van der Waals surface area contributed by atoms with Gasteiger partial charge in [-0.2, -0.15) is 0 Å². The van der Waals surface area contributed by atoms with Crippen LogP contribution in [0, 0.1) is 6.92 Å².